The van der Waals surface area contributed by atoms with Gasteiger partial charge in [0, 0.05) is 28.5 Å². The summed E-state index contributed by atoms with van der Waals surface area (Å²) in [6.07, 6.45) is 2.98. The van der Waals surface area contributed by atoms with Gasteiger partial charge in [-0.1, -0.05) is 11.6 Å². The highest BCUT2D eigenvalue weighted by Gasteiger charge is 2.39. The number of hydrogen-bond acceptors (Lipinski definition) is 4. The lowest BCUT2D eigenvalue weighted by Crippen LogP contribution is -2.49. The molecular formula is C24H26ClFN4O2. The van der Waals surface area contributed by atoms with Gasteiger partial charge in [-0.2, -0.15) is 5.10 Å². The van der Waals surface area contributed by atoms with Crippen LogP contribution in [0.4, 0.5) is 9.18 Å². The van der Waals surface area contributed by atoms with Gasteiger partial charge in [0.05, 0.1) is 24.3 Å². The fourth-order valence-corrected chi connectivity index (χ4v) is 4.38. The quantitative estimate of drug-likeness (QED) is 0.467. The molecule has 0 saturated heterocycles. The molecule has 1 unspecified atom stereocenters. The second-order valence-corrected chi connectivity index (χ2v) is 9.50. The molecule has 1 aromatic carbocycles. The third kappa shape index (κ3) is 4.09. The maximum Gasteiger partial charge on any atom is 0.411 e. The maximum absolute atomic E-state index is 14.9. The van der Waals surface area contributed by atoms with Gasteiger partial charge in [-0.25, -0.2) is 9.18 Å². The van der Waals surface area contributed by atoms with E-state index in [9.17, 15) is 9.18 Å². The molecule has 1 aliphatic heterocycles. The van der Waals surface area contributed by atoms with E-state index in [1.165, 1.54) is 6.07 Å². The number of carbonyl (C=O) groups is 1. The number of nitrogens with zero attached hydrogens (tertiary/aromatic N) is 4. The Morgan fingerprint density at radius 2 is 1.88 bits per heavy atom. The molecule has 6 nitrogen and oxygen atoms in total. The molecule has 0 spiro atoms. The van der Waals surface area contributed by atoms with E-state index >= 15 is 0 Å². The van der Waals surface area contributed by atoms with Crippen LogP contribution in [0.15, 0.2) is 42.7 Å². The first-order valence-corrected chi connectivity index (χ1v) is 10.9. The molecule has 8 heteroatoms. The van der Waals surface area contributed by atoms with Gasteiger partial charge in [0.15, 0.2) is 0 Å². The topological polar surface area (TPSA) is 60.2 Å². The SMILES string of the molecule is CC1c2c(-c3ccncc3)c(-c3ccc(Cl)cc3F)nn2C[C@@H](C)N1C(=O)OC(C)(C)C. The molecule has 0 N–H and O–H groups in total. The Labute approximate surface area is 192 Å². The summed E-state index contributed by atoms with van der Waals surface area (Å²) in [6.45, 7) is 9.90. The van der Waals surface area contributed by atoms with Crippen molar-refractivity contribution in [1.29, 1.82) is 0 Å². The van der Waals surface area contributed by atoms with E-state index in [0.717, 1.165) is 16.8 Å². The number of rotatable bonds is 2. The van der Waals surface area contributed by atoms with Crippen LogP contribution >= 0.6 is 11.6 Å². The molecule has 1 amide bonds. The number of aromatic nitrogens is 3. The molecule has 2 aromatic heterocycles. The number of pyridine rings is 1. The van der Waals surface area contributed by atoms with Crippen LogP contribution < -0.4 is 0 Å². The predicted octanol–water partition coefficient (Wildman–Crippen LogP) is 6.10. The normalized spacial score (nSPS) is 18.4. The minimum Gasteiger partial charge on any atom is -0.444 e. The van der Waals surface area contributed by atoms with Gasteiger partial charge < -0.3 is 4.74 Å². The Kier molecular flexibility index (Phi) is 5.71. The van der Waals surface area contributed by atoms with E-state index in [2.05, 4.69) is 4.98 Å². The molecule has 32 heavy (non-hydrogen) atoms. The molecule has 0 bridgehead atoms. The molecule has 2 atom stereocenters. The van der Waals surface area contributed by atoms with E-state index in [1.807, 2.05) is 51.4 Å². The van der Waals surface area contributed by atoms with Gasteiger partial charge in [-0.3, -0.25) is 14.6 Å². The number of carbonyl (C=O) groups excluding carboxylic acids is 1. The van der Waals surface area contributed by atoms with Gasteiger partial charge in [0.25, 0.3) is 0 Å². The van der Waals surface area contributed by atoms with Crippen LogP contribution in [0.3, 0.4) is 0 Å². The van der Waals surface area contributed by atoms with Crippen molar-refractivity contribution >= 4 is 17.7 Å². The number of ether oxygens (including phenoxy) is 1. The Balaban J connectivity index is 1.90. The summed E-state index contributed by atoms with van der Waals surface area (Å²) < 4.78 is 22.5. The molecular weight excluding hydrogens is 431 g/mol. The van der Waals surface area contributed by atoms with Crippen molar-refractivity contribution in [3.8, 4) is 22.4 Å². The molecule has 0 fully saturated rings. The fraction of sp³-hybridized carbons (Fsp3) is 0.375. The van der Waals surface area contributed by atoms with E-state index in [4.69, 9.17) is 21.4 Å². The summed E-state index contributed by atoms with van der Waals surface area (Å²) in [4.78, 5) is 18.9. The summed E-state index contributed by atoms with van der Waals surface area (Å²) in [7, 11) is 0. The van der Waals surface area contributed by atoms with Crippen LogP contribution in [0.25, 0.3) is 22.4 Å². The monoisotopic (exact) mass is 456 g/mol. The second-order valence-electron chi connectivity index (χ2n) is 9.06. The highest BCUT2D eigenvalue weighted by Crippen LogP contribution is 2.43. The maximum atomic E-state index is 14.9. The molecule has 0 saturated carbocycles. The van der Waals surface area contributed by atoms with Gasteiger partial charge in [0.1, 0.15) is 17.1 Å². The van der Waals surface area contributed by atoms with E-state index in [-0.39, 0.29) is 18.2 Å². The van der Waals surface area contributed by atoms with E-state index in [1.54, 1.807) is 29.4 Å². The highest BCUT2D eigenvalue weighted by atomic mass is 35.5. The first kappa shape index (κ1) is 22.3. The summed E-state index contributed by atoms with van der Waals surface area (Å²) in [6, 6.07) is 7.79. The molecule has 4 rings (SSSR count). The highest BCUT2D eigenvalue weighted by molar-refractivity contribution is 6.30. The molecule has 3 aromatic rings. The van der Waals surface area contributed by atoms with Crippen molar-refractivity contribution in [2.75, 3.05) is 0 Å². The van der Waals surface area contributed by atoms with Crippen LogP contribution in [0, 0.1) is 5.82 Å². The smallest absolute Gasteiger partial charge is 0.411 e. The average molecular weight is 457 g/mol. The molecule has 0 aliphatic carbocycles. The Hall–Kier alpha value is -2.93. The molecule has 0 radical (unpaired) electrons. The summed E-state index contributed by atoms with van der Waals surface area (Å²) in [5.74, 6) is -0.451. The van der Waals surface area contributed by atoms with E-state index in [0.29, 0.717) is 22.8 Å². The van der Waals surface area contributed by atoms with Gasteiger partial charge in [0.2, 0.25) is 0 Å². The van der Waals surface area contributed by atoms with Crippen LogP contribution in [0.5, 0.6) is 0 Å². The molecule has 168 valence electrons. The van der Waals surface area contributed by atoms with Gasteiger partial charge >= 0.3 is 6.09 Å². The summed E-state index contributed by atoms with van der Waals surface area (Å²) >= 11 is 5.98. The second kappa shape index (κ2) is 8.20. The zero-order valence-electron chi connectivity index (χ0n) is 18.8. The largest absolute Gasteiger partial charge is 0.444 e. The van der Waals surface area contributed by atoms with Crippen molar-refractivity contribution < 1.29 is 13.9 Å². The Morgan fingerprint density at radius 3 is 2.50 bits per heavy atom. The summed E-state index contributed by atoms with van der Waals surface area (Å²) in [5, 5.41) is 5.11. The number of hydrogen-bond donors (Lipinski definition) is 0. The lowest BCUT2D eigenvalue weighted by Gasteiger charge is -2.40. The van der Waals surface area contributed by atoms with Crippen LogP contribution in [0.1, 0.15) is 46.4 Å². The first-order chi connectivity index (χ1) is 15.1. The zero-order chi connectivity index (χ0) is 23.2. The molecule has 1 aliphatic rings. The van der Waals surface area contributed by atoms with Crippen LogP contribution in [-0.4, -0.2) is 37.4 Å². The minimum atomic E-state index is -0.611. The number of benzene rings is 1. The van der Waals surface area contributed by atoms with E-state index < -0.39 is 11.4 Å². The third-order valence-electron chi connectivity index (χ3n) is 5.48. The standard InChI is InChI=1S/C24H26ClFN4O2/c1-14-13-29-22(15(2)30(14)23(31)32-24(3,4)5)20(16-8-10-27-11-9-16)21(28-29)18-7-6-17(25)12-19(18)26/h6-12,14-15H,13H2,1-5H3/t14-,15?/m1/s1. The lowest BCUT2D eigenvalue weighted by atomic mass is 9.95. The first-order valence-electron chi connectivity index (χ1n) is 10.5. The zero-order valence-corrected chi connectivity index (χ0v) is 19.5. The summed E-state index contributed by atoms with van der Waals surface area (Å²) in [5.41, 5.74) is 2.68. The van der Waals surface area contributed by atoms with Crippen molar-refractivity contribution in [3.63, 3.8) is 0 Å². The molecule has 3 heterocycles. The van der Waals surface area contributed by atoms with Gasteiger partial charge in [-0.05, 0) is 70.5 Å². The van der Waals surface area contributed by atoms with Crippen molar-refractivity contribution in [1.82, 2.24) is 19.7 Å². The average Bonchev–Trinajstić information content (AvgIpc) is 3.06. The Morgan fingerprint density at radius 1 is 1.19 bits per heavy atom. The fourth-order valence-electron chi connectivity index (χ4n) is 4.22. The Bertz CT molecular complexity index is 1160. The van der Waals surface area contributed by atoms with Crippen molar-refractivity contribution in [2.45, 2.75) is 58.8 Å². The van der Waals surface area contributed by atoms with Crippen LogP contribution in [-0.2, 0) is 11.3 Å². The van der Waals surface area contributed by atoms with Gasteiger partial charge in [-0.15, -0.1) is 0 Å². The lowest BCUT2D eigenvalue weighted by molar-refractivity contribution is -0.000198. The number of fused-ring (bicyclic) bond motifs is 1. The predicted molar refractivity (Wildman–Crippen MR) is 122 cm³/mol. The van der Waals surface area contributed by atoms with Crippen LogP contribution in [0.2, 0.25) is 5.02 Å². The van der Waals surface area contributed by atoms with Crippen molar-refractivity contribution in [3.05, 3.63) is 59.3 Å². The number of amides is 1. The minimum absolute atomic E-state index is 0.152. The third-order valence-corrected chi connectivity index (χ3v) is 5.71. The number of halogens is 2. The van der Waals surface area contributed by atoms with Crippen molar-refractivity contribution in [2.24, 2.45) is 0 Å².